The highest BCUT2D eigenvalue weighted by Crippen LogP contribution is 2.28. The molecule has 1 N–H and O–H groups in total. The van der Waals surface area contributed by atoms with Crippen LogP contribution in [0.3, 0.4) is 0 Å². The maximum Gasteiger partial charge on any atom is 0.224 e. The van der Waals surface area contributed by atoms with Crippen molar-refractivity contribution in [2.45, 2.75) is 32.2 Å². The van der Waals surface area contributed by atoms with E-state index >= 15 is 0 Å². The molecule has 7 heteroatoms. The molecule has 31 heavy (non-hydrogen) atoms. The number of aryl methyl sites for hydroxylation is 1. The number of hydrogen-bond donors (Lipinski definition) is 1. The number of carbonyl (C=O) groups is 1. The lowest BCUT2D eigenvalue weighted by Crippen LogP contribution is -2.36. The zero-order valence-corrected chi connectivity index (χ0v) is 18.9. The lowest BCUT2D eigenvalue weighted by Gasteiger charge is -2.32. The number of imidazole rings is 1. The summed E-state index contributed by atoms with van der Waals surface area (Å²) in [6, 6.07) is 13.5. The van der Waals surface area contributed by atoms with Gasteiger partial charge in [-0.2, -0.15) is 0 Å². The lowest BCUT2D eigenvalue weighted by atomic mass is 9.93. The van der Waals surface area contributed by atoms with E-state index < -0.39 is 0 Å². The van der Waals surface area contributed by atoms with Crippen LogP contribution in [0.25, 0.3) is 11.0 Å². The average Bonchev–Trinajstić information content (AvgIpc) is 3.08. The Hall–Kier alpha value is -2.57. The largest absolute Gasteiger partial charge is 0.495 e. The maximum absolute atomic E-state index is 12.4. The van der Waals surface area contributed by atoms with Crippen molar-refractivity contribution >= 4 is 34.2 Å². The molecule has 0 saturated carbocycles. The van der Waals surface area contributed by atoms with Gasteiger partial charge in [0.1, 0.15) is 11.6 Å². The van der Waals surface area contributed by atoms with Crippen LogP contribution in [0.15, 0.2) is 42.5 Å². The Morgan fingerprint density at radius 2 is 2.13 bits per heavy atom. The predicted molar refractivity (Wildman–Crippen MR) is 125 cm³/mol. The van der Waals surface area contributed by atoms with Crippen molar-refractivity contribution in [3.63, 3.8) is 0 Å². The molecule has 2 heterocycles. The number of nitrogens with zero attached hydrogens (tertiary/aromatic N) is 3. The third kappa shape index (κ3) is 5.20. The zero-order chi connectivity index (χ0) is 21.8. The van der Waals surface area contributed by atoms with Gasteiger partial charge in [0.2, 0.25) is 5.91 Å². The first-order valence-corrected chi connectivity index (χ1v) is 11.2. The molecule has 164 valence electrons. The Morgan fingerprint density at radius 3 is 2.90 bits per heavy atom. The Kier molecular flexibility index (Phi) is 6.78. The number of para-hydroxylation sites is 2. The summed E-state index contributed by atoms with van der Waals surface area (Å²) >= 11 is 6.14. The number of methoxy groups -OCH3 is 1. The normalized spacial score (nSPS) is 17.1. The molecule has 4 rings (SSSR count). The summed E-state index contributed by atoms with van der Waals surface area (Å²) < 4.78 is 7.34. The van der Waals surface area contributed by atoms with Crippen molar-refractivity contribution in [1.29, 1.82) is 0 Å². The minimum atomic E-state index is 0.0220. The average molecular weight is 441 g/mol. The summed E-state index contributed by atoms with van der Waals surface area (Å²) in [5, 5.41) is 3.43. The number of hydrogen-bond acceptors (Lipinski definition) is 4. The Morgan fingerprint density at radius 1 is 1.29 bits per heavy atom. The standard InChI is InChI=1S/C24H29ClN4O2/c1-28-21-8-4-3-7-20(21)27-23(28)16-29-13-5-6-17(15-29)9-12-24(30)26-18-10-11-22(31-2)19(25)14-18/h3-4,7-8,10-11,14,17H,5-6,9,12-13,15-16H2,1-2H3,(H,26,30)/t17-/m0/s1. The van der Waals surface area contributed by atoms with Gasteiger partial charge in [0.05, 0.1) is 29.7 Å². The van der Waals surface area contributed by atoms with Crippen LogP contribution in [0.1, 0.15) is 31.5 Å². The second-order valence-corrected chi connectivity index (χ2v) is 8.66. The lowest BCUT2D eigenvalue weighted by molar-refractivity contribution is -0.116. The summed E-state index contributed by atoms with van der Waals surface area (Å²) in [6.45, 7) is 2.93. The van der Waals surface area contributed by atoms with E-state index in [0.717, 1.165) is 43.8 Å². The van der Waals surface area contributed by atoms with Gasteiger partial charge in [-0.05, 0) is 62.1 Å². The van der Waals surface area contributed by atoms with E-state index in [9.17, 15) is 4.79 Å². The van der Waals surface area contributed by atoms with Gasteiger partial charge < -0.3 is 14.6 Å². The van der Waals surface area contributed by atoms with E-state index in [-0.39, 0.29) is 5.91 Å². The van der Waals surface area contributed by atoms with Crippen molar-refractivity contribution in [2.24, 2.45) is 13.0 Å². The summed E-state index contributed by atoms with van der Waals surface area (Å²) in [6.07, 6.45) is 3.72. The van der Waals surface area contributed by atoms with Crippen LogP contribution in [-0.2, 0) is 18.4 Å². The molecule has 6 nitrogen and oxygen atoms in total. The number of ether oxygens (including phenoxy) is 1. The molecule has 1 atom stereocenters. The number of halogens is 1. The Labute approximate surface area is 188 Å². The number of likely N-dealkylation sites (tertiary alicyclic amines) is 1. The first kappa shape index (κ1) is 21.7. The molecule has 1 amide bonds. The molecule has 3 aromatic rings. The molecule has 0 aliphatic carbocycles. The smallest absolute Gasteiger partial charge is 0.224 e. The molecular formula is C24H29ClN4O2. The van der Waals surface area contributed by atoms with E-state index in [1.54, 1.807) is 19.2 Å². The van der Waals surface area contributed by atoms with Crippen molar-refractivity contribution in [3.8, 4) is 5.75 Å². The fraction of sp³-hybridized carbons (Fsp3) is 0.417. The van der Waals surface area contributed by atoms with Gasteiger partial charge in [-0.15, -0.1) is 0 Å². The van der Waals surface area contributed by atoms with Crippen LogP contribution in [-0.4, -0.2) is 40.6 Å². The first-order valence-electron chi connectivity index (χ1n) is 10.8. The van der Waals surface area contributed by atoms with Gasteiger partial charge in [0, 0.05) is 25.7 Å². The first-order chi connectivity index (χ1) is 15.0. The van der Waals surface area contributed by atoms with Crippen LogP contribution in [0.2, 0.25) is 5.02 Å². The molecular weight excluding hydrogens is 412 g/mol. The summed E-state index contributed by atoms with van der Waals surface area (Å²) in [7, 11) is 3.66. The number of fused-ring (bicyclic) bond motifs is 1. The van der Waals surface area contributed by atoms with Crippen molar-refractivity contribution in [3.05, 3.63) is 53.3 Å². The third-order valence-electron chi connectivity index (χ3n) is 6.06. The molecule has 0 unspecified atom stereocenters. The summed E-state index contributed by atoms with van der Waals surface area (Å²) in [4.78, 5) is 19.7. The van der Waals surface area contributed by atoms with E-state index in [1.807, 2.05) is 12.1 Å². The molecule has 0 bridgehead atoms. The van der Waals surface area contributed by atoms with Crippen molar-refractivity contribution < 1.29 is 9.53 Å². The molecule has 1 aromatic heterocycles. The van der Waals surface area contributed by atoms with Gasteiger partial charge in [-0.1, -0.05) is 23.7 Å². The number of anilines is 1. The molecule has 1 aliphatic rings. The van der Waals surface area contributed by atoms with Crippen LogP contribution >= 0.6 is 11.6 Å². The highest BCUT2D eigenvalue weighted by atomic mass is 35.5. The molecule has 1 aliphatic heterocycles. The molecule has 1 saturated heterocycles. The number of carbonyl (C=O) groups excluding carboxylic acids is 1. The number of benzene rings is 2. The molecule has 0 radical (unpaired) electrons. The van der Waals surface area contributed by atoms with E-state index in [2.05, 4.69) is 40.0 Å². The minimum absolute atomic E-state index is 0.0220. The quantitative estimate of drug-likeness (QED) is 0.569. The van der Waals surface area contributed by atoms with Gasteiger partial charge in [0.25, 0.3) is 0 Å². The fourth-order valence-electron chi connectivity index (χ4n) is 4.37. The maximum atomic E-state index is 12.4. The number of rotatable bonds is 7. The minimum Gasteiger partial charge on any atom is -0.495 e. The van der Waals surface area contributed by atoms with Gasteiger partial charge in [0.15, 0.2) is 0 Å². The summed E-state index contributed by atoms with van der Waals surface area (Å²) in [5.41, 5.74) is 2.91. The second-order valence-electron chi connectivity index (χ2n) is 8.26. The highest BCUT2D eigenvalue weighted by molar-refractivity contribution is 6.32. The van der Waals surface area contributed by atoms with E-state index in [0.29, 0.717) is 28.8 Å². The third-order valence-corrected chi connectivity index (χ3v) is 6.36. The fourth-order valence-corrected chi connectivity index (χ4v) is 4.63. The Bertz CT molecular complexity index is 1060. The molecule has 0 spiro atoms. The van der Waals surface area contributed by atoms with Gasteiger partial charge >= 0.3 is 0 Å². The summed E-state index contributed by atoms with van der Waals surface area (Å²) in [5.74, 6) is 2.24. The number of amides is 1. The molecule has 2 aromatic carbocycles. The zero-order valence-electron chi connectivity index (χ0n) is 18.1. The highest BCUT2D eigenvalue weighted by Gasteiger charge is 2.22. The van der Waals surface area contributed by atoms with Crippen LogP contribution in [0, 0.1) is 5.92 Å². The van der Waals surface area contributed by atoms with E-state index in [1.165, 1.54) is 11.9 Å². The van der Waals surface area contributed by atoms with Crippen LogP contribution in [0.5, 0.6) is 5.75 Å². The van der Waals surface area contributed by atoms with Gasteiger partial charge in [-0.3, -0.25) is 9.69 Å². The van der Waals surface area contributed by atoms with E-state index in [4.69, 9.17) is 21.3 Å². The molecule has 1 fully saturated rings. The van der Waals surface area contributed by atoms with Gasteiger partial charge in [-0.25, -0.2) is 4.98 Å². The van der Waals surface area contributed by atoms with Crippen molar-refractivity contribution in [2.75, 3.05) is 25.5 Å². The topological polar surface area (TPSA) is 59.4 Å². The predicted octanol–water partition coefficient (Wildman–Crippen LogP) is 4.87. The van der Waals surface area contributed by atoms with Crippen LogP contribution < -0.4 is 10.1 Å². The second kappa shape index (κ2) is 9.71. The van der Waals surface area contributed by atoms with Crippen LogP contribution in [0.4, 0.5) is 5.69 Å². The number of piperidine rings is 1. The number of aromatic nitrogens is 2. The van der Waals surface area contributed by atoms with Crippen molar-refractivity contribution in [1.82, 2.24) is 14.5 Å². The SMILES string of the molecule is COc1ccc(NC(=O)CC[C@@H]2CCCN(Cc3nc4ccccc4n3C)C2)cc1Cl. The monoisotopic (exact) mass is 440 g/mol. The number of nitrogens with one attached hydrogen (secondary N) is 1. The Balaban J connectivity index is 1.29.